The second kappa shape index (κ2) is 7.72. The molecule has 0 aromatic heterocycles. The summed E-state index contributed by atoms with van der Waals surface area (Å²) in [5.74, 6) is -0.944. The van der Waals surface area contributed by atoms with Gasteiger partial charge in [0.2, 0.25) is 0 Å². The van der Waals surface area contributed by atoms with Crippen LogP contribution < -0.4 is 4.90 Å². The molecule has 2 fully saturated rings. The summed E-state index contributed by atoms with van der Waals surface area (Å²) in [6, 6.07) is 4.35. The van der Waals surface area contributed by atoms with E-state index in [-0.39, 0.29) is 17.2 Å². The number of esters is 1. The molecule has 2 aliphatic heterocycles. The fourth-order valence-electron chi connectivity index (χ4n) is 3.50. The molecular weight excluding hydrogens is 338 g/mol. The van der Waals surface area contributed by atoms with Crippen LogP contribution in [0.25, 0.3) is 0 Å². The van der Waals surface area contributed by atoms with E-state index in [9.17, 15) is 19.7 Å². The van der Waals surface area contributed by atoms with Crippen LogP contribution in [-0.2, 0) is 9.53 Å². The van der Waals surface area contributed by atoms with Gasteiger partial charge in [-0.3, -0.25) is 14.9 Å². The standard InChI is InChI=1S/C18H23N3O5/c1-13(17(22)20-10-4-5-11-20)26-18(23)14-6-7-15(16(12-14)21(24)25)19-8-2-3-9-19/h6-7,12-13H,2-5,8-11H2,1H3/t13-/m0/s1. The highest BCUT2D eigenvalue weighted by Gasteiger charge is 2.28. The molecule has 8 heteroatoms. The Balaban J connectivity index is 1.73. The Kier molecular flexibility index (Phi) is 5.39. The van der Waals surface area contributed by atoms with E-state index >= 15 is 0 Å². The molecule has 1 atom stereocenters. The number of carbonyl (C=O) groups is 2. The molecular formula is C18H23N3O5. The molecule has 2 saturated heterocycles. The van der Waals surface area contributed by atoms with Crippen LogP contribution in [0.5, 0.6) is 0 Å². The number of benzene rings is 1. The van der Waals surface area contributed by atoms with Gasteiger partial charge in [-0.2, -0.15) is 0 Å². The van der Waals surface area contributed by atoms with Crippen LogP contribution in [0, 0.1) is 10.1 Å². The highest BCUT2D eigenvalue weighted by molar-refractivity contribution is 5.93. The molecule has 1 amide bonds. The molecule has 2 aliphatic rings. The second-order valence-corrected chi connectivity index (χ2v) is 6.73. The van der Waals surface area contributed by atoms with Gasteiger partial charge in [-0.1, -0.05) is 0 Å². The molecule has 0 spiro atoms. The van der Waals surface area contributed by atoms with Crippen LogP contribution in [0.4, 0.5) is 11.4 Å². The maximum absolute atomic E-state index is 12.4. The third kappa shape index (κ3) is 3.79. The van der Waals surface area contributed by atoms with Gasteiger partial charge in [-0.05, 0) is 44.7 Å². The van der Waals surface area contributed by atoms with Gasteiger partial charge in [-0.25, -0.2) is 4.79 Å². The van der Waals surface area contributed by atoms with Crippen molar-refractivity contribution in [3.63, 3.8) is 0 Å². The molecule has 3 rings (SSSR count). The number of hydrogen-bond acceptors (Lipinski definition) is 6. The van der Waals surface area contributed by atoms with Crippen LogP contribution in [0.3, 0.4) is 0 Å². The number of rotatable bonds is 5. The van der Waals surface area contributed by atoms with Gasteiger partial charge < -0.3 is 14.5 Å². The number of amides is 1. The first-order valence-electron chi connectivity index (χ1n) is 9.00. The van der Waals surface area contributed by atoms with Crippen molar-refractivity contribution in [3.05, 3.63) is 33.9 Å². The first-order chi connectivity index (χ1) is 12.5. The first kappa shape index (κ1) is 18.2. The number of carbonyl (C=O) groups excluding carboxylic acids is 2. The molecule has 8 nitrogen and oxygen atoms in total. The molecule has 0 radical (unpaired) electrons. The van der Waals surface area contributed by atoms with Gasteiger partial charge in [0, 0.05) is 32.2 Å². The highest BCUT2D eigenvalue weighted by atomic mass is 16.6. The third-order valence-electron chi connectivity index (χ3n) is 4.90. The highest BCUT2D eigenvalue weighted by Crippen LogP contribution is 2.32. The summed E-state index contributed by atoms with van der Waals surface area (Å²) in [7, 11) is 0. The lowest BCUT2D eigenvalue weighted by molar-refractivity contribution is -0.384. The van der Waals surface area contributed by atoms with E-state index < -0.39 is 17.0 Å². The van der Waals surface area contributed by atoms with Gasteiger partial charge in [0.1, 0.15) is 5.69 Å². The predicted molar refractivity (Wildman–Crippen MR) is 95.2 cm³/mol. The number of anilines is 1. The number of nitro groups is 1. The molecule has 2 heterocycles. The zero-order chi connectivity index (χ0) is 18.7. The van der Waals surface area contributed by atoms with E-state index in [1.165, 1.54) is 19.1 Å². The summed E-state index contributed by atoms with van der Waals surface area (Å²) in [5, 5.41) is 11.4. The van der Waals surface area contributed by atoms with Crippen molar-refractivity contribution in [2.45, 2.75) is 38.7 Å². The van der Waals surface area contributed by atoms with Crippen molar-refractivity contribution in [2.24, 2.45) is 0 Å². The second-order valence-electron chi connectivity index (χ2n) is 6.73. The number of hydrogen-bond donors (Lipinski definition) is 0. The van der Waals surface area contributed by atoms with E-state index in [1.807, 2.05) is 4.90 Å². The van der Waals surface area contributed by atoms with E-state index in [1.54, 1.807) is 11.0 Å². The lowest BCUT2D eigenvalue weighted by Crippen LogP contribution is -2.38. The Morgan fingerprint density at radius 3 is 2.35 bits per heavy atom. The first-order valence-corrected chi connectivity index (χ1v) is 9.00. The summed E-state index contributed by atoms with van der Waals surface area (Å²) in [4.78, 5) is 39.2. The zero-order valence-corrected chi connectivity index (χ0v) is 14.8. The summed E-state index contributed by atoms with van der Waals surface area (Å²) in [5.41, 5.74) is 0.492. The SMILES string of the molecule is C[C@H](OC(=O)c1ccc(N2CCCC2)c([N+](=O)[O-])c1)C(=O)N1CCCC1. The van der Waals surface area contributed by atoms with Crippen LogP contribution in [0.1, 0.15) is 43.0 Å². The van der Waals surface area contributed by atoms with Crippen molar-refractivity contribution in [1.29, 1.82) is 0 Å². The quantitative estimate of drug-likeness (QED) is 0.454. The fourth-order valence-corrected chi connectivity index (χ4v) is 3.50. The number of nitro benzene ring substituents is 1. The lowest BCUT2D eigenvalue weighted by Gasteiger charge is -2.21. The normalized spacial score (nSPS) is 18.0. The fraction of sp³-hybridized carbons (Fsp3) is 0.556. The van der Waals surface area contributed by atoms with Crippen molar-refractivity contribution in [1.82, 2.24) is 4.90 Å². The monoisotopic (exact) mass is 361 g/mol. The minimum absolute atomic E-state index is 0.0840. The molecule has 1 aromatic rings. The van der Waals surface area contributed by atoms with E-state index in [0.717, 1.165) is 38.8 Å². The number of likely N-dealkylation sites (tertiary alicyclic amines) is 1. The maximum atomic E-state index is 12.4. The average Bonchev–Trinajstić information content (AvgIpc) is 3.33. The zero-order valence-electron chi connectivity index (χ0n) is 14.8. The van der Waals surface area contributed by atoms with Crippen molar-refractivity contribution in [2.75, 3.05) is 31.1 Å². The van der Waals surface area contributed by atoms with Crippen LogP contribution >= 0.6 is 0 Å². The van der Waals surface area contributed by atoms with Crippen molar-refractivity contribution >= 4 is 23.3 Å². The molecule has 0 bridgehead atoms. The van der Waals surface area contributed by atoms with Gasteiger partial charge >= 0.3 is 5.97 Å². The van der Waals surface area contributed by atoms with Gasteiger partial charge in [0.15, 0.2) is 6.10 Å². The summed E-state index contributed by atoms with van der Waals surface area (Å²) in [6.45, 7) is 4.43. The van der Waals surface area contributed by atoms with Gasteiger partial charge in [0.25, 0.3) is 11.6 Å². The largest absolute Gasteiger partial charge is 0.449 e. The van der Waals surface area contributed by atoms with Crippen molar-refractivity contribution < 1.29 is 19.2 Å². The number of nitrogens with zero attached hydrogens (tertiary/aromatic N) is 3. The Morgan fingerprint density at radius 1 is 1.12 bits per heavy atom. The van der Waals surface area contributed by atoms with Crippen LogP contribution in [-0.4, -0.2) is 54.0 Å². The maximum Gasteiger partial charge on any atom is 0.339 e. The van der Waals surface area contributed by atoms with Gasteiger partial charge in [-0.15, -0.1) is 0 Å². The van der Waals surface area contributed by atoms with Crippen molar-refractivity contribution in [3.8, 4) is 0 Å². The molecule has 1 aromatic carbocycles. The molecule has 0 saturated carbocycles. The molecule has 0 N–H and O–H groups in total. The molecule has 0 unspecified atom stereocenters. The summed E-state index contributed by atoms with van der Waals surface area (Å²) in [6.07, 6.45) is 3.00. The Hall–Kier alpha value is -2.64. The Morgan fingerprint density at radius 2 is 1.73 bits per heavy atom. The molecule has 140 valence electrons. The number of ether oxygens (including phenoxy) is 1. The minimum Gasteiger partial charge on any atom is -0.449 e. The summed E-state index contributed by atoms with van der Waals surface area (Å²) >= 11 is 0. The summed E-state index contributed by atoms with van der Waals surface area (Å²) < 4.78 is 5.24. The van der Waals surface area contributed by atoms with E-state index in [4.69, 9.17) is 4.74 Å². The smallest absolute Gasteiger partial charge is 0.339 e. The lowest BCUT2D eigenvalue weighted by atomic mass is 10.1. The predicted octanol–water partition coefficient (Wildman–Crippen LogP) is 2.36. The minimum atomic E-state index is -0.905. The van der Waals surface area contributed by atoms with E-state index in [0.29, 0.717) is 18.8 Å². The Labute approximate surface area is 151 Å². The molecule has 0 aliphatic carbocycles. The average molecular weight is 361 g/mol. The third-order valence-corrected chi connectivity index (χ3v) is 4.90. The van der Waals surface area contributed by atoms with Crippen LogP contribution in [0.15, 0.2) is 18.2 Å². The topological polar surface area (TPSA) is 93.0 Å². The van der Waals surface area contributed by atoms with Crippen LogP contribution in [0.2, 0.25) is 0 Å². The molecule has 26 heavy (non-hydrogen) atoms. The van der Waals surface area contributed by atoms with Gasteiger partial charge in [0.05, 0.1) is 10.5 Å². The Bertz CT molecular complexity index is 709. The van der Waals surface area contributed by atoms with E-state index in [2.05, 4.69) is 0 Å².